The minimum atomic E-state index is -1.10. The van der Waals surface area contributed by atoms with Crippen LogP contribution in [0, 0.1) is 5.41 Å². The number of fused-ring (bicyclic) bond motifs is 1. The molecule has 0 saturated carbocycles. The number of aromatic nitrogens is 4. The van der Waals surface area contributed by atoms with Gasteiger partial charge in [-0.3, -0.25) is 0 Å². The van der Waals surface area contributed by atoms with Crippen LogP contribution >= 0.6 is 23.4 Å². The normalized spacial score (nSPS) is 22.7. The van der Waals surface area contributed by atoms with E-state index in [1.54, 1.807) is 29.1 Å². The number of nitrogens with zero attached hydrogens (tertiary/aromatic N) is 5. The number of carboxylic acids is 1. The molecule has 0 aliphatic carbocycles. The number of halogens is 1. The van der Waals surface area contributed by atoms with Gasteiger partial charge in [0.15, 0.2) is 11.3 Å². The Kier molecular flexibility index (Phi) is 5.48. The highest BCUT2D eigenvalue weighted by atomic mass is 35.5. The summed E-state index contributed by atoms with van der Waals surface area (Å²) < 4.78 is 7.39. The Hall–Kier alpha value is -2.40. The van der Waals surface area contributed by atoms with Gasteiger partial charge in [0.2, 0.25) is 0 Å². The Balaban J connectivity index is 1.28. The maximum Gasteiger partial charge on any atom is 0.356 e. The Morgan fingerprint density at radius 2 is 2.12 bits per heavy atom. The molecule has 0 radical (unpaired) electrons. The zero-order valence-electron chi connectivity index (χ0n) is 17.4. The molecule has 0 unspecified atom stereocenters. The molecule has 5 heterocycles. The molecule has 5 rings (SSSR count). The second-order valence-electron chi connectivity index (χ2n) is 8.36. The van der Waals surface area contributed by atoms with Gasteiger partial charge < -0.3 is 24.9 Å². The molecule has 2 fully saturated rings. The molecule has 2 atom stereocenters. The molecule has 11 heteroatoms. The number of nitrogens with two attached hydrogens (primary N) is 1. The number of carboxylic acid groups (broad SMARTS) is 1. The lowest BCUT2D eigenvalue weighted by molar-refractivity contribution is 0.0691. The molecule has 3 aromatic rings. The molecule has 0 bridgehead atoms. The molecule has 3 aromatic heterocycles. The standard InChI is InChI=1S/C21H23ClN6O3S/c1-12-18(23)21(11-31-12)3-6-27(7-4-21)15-8-25-16(9-24-15)32-14-2-5-28-10-13(20(29)30)26-19(28)17(14)22/h2,5,8-10,12,18H,3-4,6-7,11,23H2,1H3,(H,29,30)/t12-,18+/m0/s1. The Morgan fingerprint density at radius 3 is 2.75 bits per heavy atom. The third-order valence-corrected chi connectivity index (χ3v) is 7.97. The topological polar surface area (TPSA) is 119 Å². The number of hydrogen-bond donors (Lipinski definition) is 2. The molecular weight excluding hydrogens is 452 g/mol. The van der Waals surface area contributed by atoms with E-state index in [4.69, 9.17) is 27.2 Å². The summed E-state index contributed by atoms with van der Waals surface area (Å²) >= 11 is 7.83. The van der Waals surface area contributed by atoms with E-state index in [0.717, 1.165) is 43.3 Å². The quantitative estimate of drug-likeness (QED) is 0.588. The van der Waals surface area contributed by atoms with Crippen molar-refractivity contribution < 1.29 is 14.6 Å². The van der Waals surface area contributed by atoms with E-state index in [1.807, 2.05) is 0 Å². The molecule has 1 spiro atoms. The van der Waals surface area contributed by atoms with Gasteiger partial charge in [-0.2, -0.15) is 0 Å². The lowest BCUT2D eigenvalue weighted by Gasteiger charge is -2.41. The molecule has 3 N–H and O–H groups in total. The van der Waals surface area contributed by atoms with E-state index in [-0.39, 0.29) is 23.3 Å². The average Bonchev–Trinajstić information content (AvgIpc) is 3.35. The van der Waals surface area contributed by atoms with E-state index in [9.17, 15) is 4.79 Å². The summed E-state index contributed by atoms with van der Waals surface area (Å²) in [6.45, 7) is 4.54. The van der Waals surface area contributed by atoms with Crippen LogP contribution in [0.1, 0.15) is 30.3 Å². The zero-order chi connectivity index (χ0) is 22.5. The van der Waals surface area contributed by atoms with Gasteiger partial charge in [-0.1, -0.05) is 23.4 Å². The van der Waals surface area contributed by atoms with E-state index < -0.39 is 5.97 Å². The largest absolute Gasteiger partial charge is 0.476 e. The summed E-state index contributed by atoms with van der Waals surface area (Å²) in [6.07, 6.45) is 8.74. The van der Waals surface area contributed by atoms with Gasteiger partial charge in [-0.15, -0.1) is 0 Å². The van der Waals surface area contributed by atoms with Crippen LogP contribution in [0.25, 0.3) is 5.65 Å². The van der Waals surface area contributed by atoms with Crippen LogP contribution in [0.3, 0.4) is 0 Å². The number of aromatic carboxylic acids is 1. The van der Waals surface area contributed by atoms with Crippen LogP contribution in [0.2, 0.25) is 5.02 Å². The molecule has 2 aliphatic rings. The van der Waals surface area contributed by atoms with Gasteiger partial charge >= 0.3 is 5.97 Å². The number of carbonyl (C=O) groups is 1. The summed E-state index contributed by atoms with van der Waals surface area (Å²) in [5.41, 5.74) is 6.82. The van der Waals surface area contributed by atoms with Crippen LogP contribution in [-0.4, -0.2) is 62.3 Å². The summed E-state index contributed by atoms with van der Waals surface area (Å²) in [5.74, 6) is -0.258. The molecule has 9 nitrogen and oxygen atoms in total. The first-order valence-electron chi connectivity index (χ1n) is 10.4. The minimum absolute atomic E-state index is 0.0545. The summed E-state index contributed by atoms with van der Waals surface area (Å²) in [7, 11) is 0. The zero-order valence-corrected chi connectivity index (χ0v) is 19.0. The summed E-state index contributed by atoms with van der Waals surface area (Å²) in [4.78, 5) is 27.4. The van der Waals surface area contributed by atoms with Crippen LogP contribution in [0.4, 0.5) is 5.82 Å². The van der Waals surface area contributed by atoms with E-state index in [2.05, 4.69) is 26.8 Å². The van der Waals surface area contributed by atoms with Crippen molar-refractivity contribution in [3.05, 3.63) is 41.6 Å². The number of imidazole rings is 1. The van der Waals surface area contributed by atoms with Crippen molar-refractivity contribution >= 4 is 40.8 Å². The van der Waals surface area contributed by atoms with Gasteiger partial charge in [0.05, 0.1) is 30.1 Å². The average molecular weight is 475 g/mol. The van der Waals surface area contributed by atoms with E-state index >= 15 is 0 Å². The van der Waals surface area contributed by atoms with Crippen LogP contribution < -0.4 is 10.6 Å². The predicted octanol–water partition coefficient (Wildman–Crippen LogP) is 2.96. The highest BCUT2D eigenvalue weighted by Crippen LogP contribution is 2.42. The smallest absolute Gasteiger partial charge is 0.356 e. The lowest BCUT2D eigenvalue weighted by Crippen LogP contribution is -2.50. The molecule has 2 aliphatic heterocycles. The lowest BCUT2D eigenvalue weighted by atomic mass is 9.73. The molecule has 0 amide bonds. The van der Waals surface area contributed by atoms with Crippen molar-refractivity contribution in [2.75, 3.05) is 24.6 Å². The van der Waals surface area contributed by atoms with Gasteiger partial charge in [0.1, 0.15) is 10.8 Å². The fourth-order valence-corrected chi connectivity index (χ4v) is 5.54. The number of pyridine rings is 1. The first-order chi connectivity index (χ1) is 15.4. The molecule has 2 saturated heterocycles. The van der Waals surface area contributed by atoms with Gasteiger partial charge in [0.25, 0.3) is 0 Å². The van der Waals surface area contributed by atoms with Crippen LogP contribution in [-0.2, 0) is 4.74 Å². The maximum absolute atomic E-state index is 11.2. The fraction of sp³-hybridized carbons (Fsp3) is 0.429. The fourth-order valence-electron chi connectivity index (χ4n) is 4.47. The summed E-state index contributed by atoms with van der Waals surface area (Å²) in [5, 5.41) is 10.2. The van der Waals surface area contributed by atoms with Gasteiger partial charge in [-0.25, -0.2) is 19.7 Å². The van der Waals surface area contributed by atoms with Crippen LogP contribution in [0.5, 0.6) is 0 Å². The van der Waals surface area contributed by atoms with Crippen molar-refractivity contribution in [3.63, 3.8) is 0 Å². The monoisotopic (exact) mass is 474 g/mol. The second-order valence-corrected chi connectivity index (χ2v) is 9.80. The first kappa shape index (κ1) is 21.4. The predicted molar refractivity (Wildman–Crippen MR) is 121 cm³/mol. The SMILES string of the molecule is C[C@@H]1OCC2(CCN(c3cnc(Sc4ccn5cc(C(=O)O)nc5c4Cl)cn3)CC2)[C@@H]1N. The number of anilines is 1. The van der Waals surface area contributed by atoms with Crippen molar-refractivity contribution in [1.82, 2.24) is 19.4 Å². The third-order valence-electron chi connectivity index (χ3n) is 6.51. The highest BCUT2D eigenvalue weighted by molar-refractivity contribution is 7.99. The van der Waals surface area contributed by atoms with E-state index in [0.29, 0.717) is 15.7 Å². The number of ether oxygens (including phenoxy) is 1. The minimum Gasteiger partial charge on any atom is -0.476 e. The molecular formula is C21H23ClN6O3S. The number of hydrogen-bond acceptors (Lipinski definition) is 8. The first-order valence-corrected chi connectivity index (χ1v) is 11.6. The van der Waals surface area contributed by atoms with Crippen molar-refractivity contribution in [3.8, 4) is 0 Å². The van der Waals surface area contributed by atoms with Crippen molar-refractivity contribution in [1.29, 1.82) is 0 Å². The third kappa shape index (κ3) is 3.71. The molecule has 32 heavy (non-hydrogen) atoms. The van der Waals surface area contributed by atoms with Gasteiger partial charge in [-0.05, 0) is 25.8 Å². The maximum atomic E-state index is 11.2. The van der Waals surface area contributed by atoms with Crippen LogP contribution in [0.15, 0.2) is 40.8 Å². The number of rotatable bonds is 4. The van der Waals surface area contributed by atoms with Gasteiger partial charge in [0, 0.05) is 41.8 Å². The molecule has 0 aromatic carbocycles. The van der Waals surface area contributed by atoms with Crippen molar-refractivity contribution in [2.45, 2.75) is 41.8 Å². The van der Waals surface area contributed by atoms with Crippen molar-refractivity contribution in [2.24, 2.45) is 11.1 Å². The second kappa shape index (κ2) is 8.18. The summed E-state index contributed by atoms with van der Waals surface area (Å²) in [6, 6.07) is 1.89. The Bertz CT molecular complexity index is 1160. The Labute approximate surface area is 193 Å². The van der Waals surface area contributed by atoms with E-state index in [1.165, 1.54) is 18.0 Å². The number of piperidine rings is 1. The highest BCUT2D eigenvalue weighted by Gasteiger charge is 2.47. The molecule has 168 valence electrons. The Morgan fingerprint density at radius 1 is 1.34 bits per heavy atom.